The van der Waals surface area contributed by atoms with Crippen molar-refractivity contribution < 1.29 is 14.3 Å². The number of piperidine rings is 1. The van der Waals surface area contributed by atoms with Gasteiger partial charge in [-0.3, -0.25) is 10.1 Å². The molecule has 7 atom stereocenters. The van der Waals surface area contributed by atoms with Gasteiger partial charge in [-0.05, 0) is 25.3 Å². The predicted octanol–water partition coefficient (Wildman–Crippen LogP) is -2.18. The number of hydrogen-bond acceptors (Lipinski definition) is 9. The molecule has 156 valence electrons. The first-order valence-corrected chi connectivity index (χ1v) is 10.3. The van der Waals surface area contributed by atoms with E-state index < -0.39 is 12.1 Å². The van der Waals surface area contributed by atoms with Gasteiger partial charge in [0.2, 0.25) is 5.91 Å². The van der Waals surface area contributed by atoms with Crippen LogP contribution in [0.15, 0.2) is 0 Å². The maximum Gasteiger partial charge on any atom is 0.229 e. The molecule has 6 unspecified atom stereocenters. The van der Waals surface area contributed by atoms with Gasteiger partial charge in [-0.25, -0.2) is 10.4 Å². The molecule has 0 aromatic carbocycles. The molecule has 28 heavy (non-hydrogen) atoms. The van der Waals surface area contributed by atoms with Crippen molar-refractivity contribution in [3.63, 3.8) is 0 Å². The lowest BCUT2D eigenvalue weighted by Gasteiger charge is -2.37. The van der Waals surface area contributed by atoms with Crippen LogP contribution in [-0.2, 0) is 14.3 Å². The van der Waals surface area contributed by atoms with E-state index in [2.05, 4.69) is 27.4 Å². The van der Waals surface area contributed by atoms with Gasteiger partial charge >= 0.3 is 0 Å². The van der Waals surface area contributed by atoms with Crippen molar-refractivity contribution in [2.24, 2.45) is 17.6 Å². The lowest BCUT2D eigenvalue weighted by molar-refractivity contribution is -0.130. The molecule has 0 spiro atoms. The number of ether oxygens (including phenoxy) is 2. The van der Waals surface area contributed by atoms with Gasteiger partial charge in [-0.2, -0.15) is 5.26 Å². The molecule has 0 saturated carbocycles. The topological polar surface area (TPSA) is 137 Å². The first kappa shape index (κ1) is 20.0. The Kier molecular flexibility index (Phi) is 6.42. The van der Waals surface area contributed by atoms with Crippen molar-refractivity contribution in [2.45, 2.75) is 49.8 Å². The molecule has 0 aromatic heterocycles. The van der Waals surface area contributed by atoms with Crippen molar-refractivity contribution in [1.29, 1.82) is 5.26 Å². The number of rotatable bonds is 5. The van der Waals surface area contributed by atoms with Crippen LogP contribution >= 0.6 is 0 Å². The highest BCUT2D eigenvalue weighted by atomic mass is 16.6. The minimum Gasteiger partial charge on any atom is -0.379 e. The van der Waals surface area contributed by atoms with Crippen molar-refractivity contribution in [3.05, 3.63) is 0 Å². The molecule has 4 saturated heterocycles. The van der Waals surface area contributed by atoms with Gasteiger partial charge in [0.05, 0.1) is 49.2 Å². The van der Waals surface area contributed by atoms with Gasteiger partial charge < -0.3 is 25.8 Å². The number of fused-ring (bicyclic) bond motifs is 1. The smallest absolute Gasteiger partial charge is 0.229 e. The second kappa shape index (κ2) is 9.00. The van der Waals surface area contributed by atoms with Gasteiger partial charge in [0.25, 0.3) is 0 Å². The van der Waals surface area contributed by atoms with Crippen molar-refractivity contribution in [2.75, 3.05) is 39.4 Å². The van der Waals surface area contributed by atoms with E-state index in [-0.39, 0.29) is 36.2 Å². The summed E-state index contributed by atoms with van der Waals surface area (Å²) in [5, 5.41) is 20.8. The van der Waals surface area contributed by atoms with E-state index in [9.17, 15) is 4.79 Å². The lowest BCUT2D eigenvalue weighted by Crippen LogP contribution is -2.61. The van der Waals surface area contributed by atoms with E-state index in [1.807, 2.05) is 5.01 Å². The molecule has 4 heterocycles. The van der Waals surface area contributed by atoms with Gasteiger partial charge in [0.15, 0.2) is 0 Å². The van der Waals surface area contributed by atoms with E-state index in [0.29, 0.717) is 32.7 Å². The molecule has 4 fully saturated rings. The molecule has 10 heteroatoms. The predicted molar refractivity (Wildman–Crippen MR) is 100 cm³/mol. The highest BCUT2D eigenvalue weighted by Crippen LogP contribution is 2.25. The Labute approximate surface area is 165 Å². The fraction of sp³-hybridized carbons (Fsp3) is 0.889. The summed E-state index contributed by atoms with van der Waals surface area (Å²) in [4.78, 5) is 13.1. The highest BCUT2D eigenvalue weighted by Gasteiger charge is 2.47. The molecule has 0 aromatic rings. The Morgan fingerprint density at radius 3 is 3.07 bits per heavy atom. The van der Waals surface area contributed by atoms with Crippen LogP contribution in [0.1, 0.15) is 19.3 Å². The standard InChI is InChI=1S/C18H31N7O3/c19-4-1-11-7-22-17-15(16(20)24-25(17)9-11)18(26)23-13-8-21-5-2-14(13)28-12-3-6-27-10-12/h11-17,21-22,24H,1-3,5-10,20H2,(H,23,26)/t11?,12-,13?,14?,15?,16?,17?/m0/s1. The largest absolute Gasteiger partial charge is 0.379 e. The maximum absolute atomic E-state index is 13.1. The molecular formula is C18H31N7O3. The Morgan fingerprint density at radius 2 is 2.29 bits per heavy atom. The number of nitrogens with one attached hydrogen (secondary N) is 4. The number of carbonyl (C=O) groups is 1. The fourth-order valence-electron chi connectivity index (χ4n) is 4.64. The van der Waals surface area contributed by atoms with Crippen LogP contribution in [0.25, 0.3) is 0 Å². The molecule has 4 aliphatic heterocycles. The highest BCUT2D eigenvalue weighted by molar-refractivity contribution is 5.80. The molecule has 6 N–H and O–H groups in total. The van der Waals surface area contributed by atoms with Crippen LogP contribution < -0.4 is 27.1 Å². The Hall–Kier alpha value is -1.32. The Balaban J connectivity index is 1.36. The Morgan fingerprint density at radius 1 is 1.39 bits per heavy atom. The summed E-state index contributed by atoms with van der Waals surface area (Å²) in [6.45, 7) is 4.36. The lowest BCUT2D eigenvalue weighted by atomic mass is 9.96. The van der Waals surface area contributed by atoms with Crippen LogP contribution in [0.3, 0.4) is 0 Å². The van der Waals surface area contributed by atoms with Gasteiger partial charge in [-0.15, -0.1) is 0 Å². The normalized spacial score (nSPS) is 41.4. The van der Waals surface area contributed by atoms with E-state index >= 15 is 0 Å². The number of nitriles is 1. The molecule has 4 rings (SSSR count). The zero-order chi connectivity index (χ0) is 19.5. The van der Waals surface area contributed by atoms with Crippen LogP contribution in [-0.4, -0.2) is 80.9 Å². The van der Waals surface area contributed by atoms with Gasteiger partial charge in [0.1, 0.15) is 0 Å². The van der Waals surface area contributed by atoms with Crippen LogP contribution in [0.4, 0.5) is 0 Å². The number of hydrogen-bond donors (Lipinski definition) is 5. The first-order valence-electron chi connectivity index (χ1n) is 10.3. The molecular weight excluding hydrogens is 362 g/mol. The molecule has 0 bridgehead atoms. The summed E-state index contributed by atoms with van der Waals surface area (Å²) in [5.41, 5.74) is 9.45. The van der Waals surface area contributed by atoms with Gasteiger partial charge in [-0.1, -0.05) is 0 Å². The van der Waals surface area contributed by atoms with Crippen LogP contribution in [0.2, 0.25) is 0 Å². The number of carbonyl (C=O) groups excluding carboxylic acids is 1. The van der Waals surface area contributed by atoms with E-state index in [1.54, 1.807) is 0 Å². The Bertz CT molecular complexity index is 594. The quantitative estimate of drug-likeness (QED) is 0.353. The second-order valence-electron chi connectivity index (χ2n) is 8.18. The zero-order valence-electron chi connectivity index (χ0n) is 16.1. The summed E-state index contributed by atoms with van der Waals surface area (Å²) >= 11 is 0. The monoisotopic (exact) mass is 393 g/mol. The SMILES string of the molecule is N#CCC1CNC2C(C(=O)NC3CNCCC3O[C@H]3CCOC3)C(N)NN2C1. The van der Waals surface area contributed by atoms with E-state index in [1.165, 1.54) is 0 Å². The fourth-order valence-corrected chi connectivity index (χ4v) is 4.64. The average molecular weight is 393 g/mol. The molecule has 10 nitrogen and oxygen atoms in total. The van der Waals surface area contributed by atoms with Crippen LogP contribution in [0.5, 0.6) is 0 Å². The summed E-state index contributed by atoms with van der Waals surface area (Å²) in [6.07, 6.45) is 1.74. The summed E-state index contributed by atoms with van der Waals surface area (Å²) in [6, 6.07) is 2.13. The molecule has 4 aliphatic rings. The molecule has 1 amide bonds. The third-order valence-electron chi connectivity index (χ3n) is 6.13. The number of hydrazine groups is 1. The van der Waals surface area contributed by atoms with Crippen molar-refractivity contribution in [1.82, 2.24) is 26.4 Å². The molecule has 0 aliphatic carbocycles. The maximum atomic E-state index is 13.1. The number of nitrogens with zero attached hydrogens (tertiary/aromatic N) is 2. The first-order chi connectivity index (χ1) is 13.7. The van der Waals surface area contributed by atoms with Crippen molar-refractivity contribution >= 4 is 5.91 Å². The number of nitrogens with two attached hydrogens (primary N) is 1. The summed E-state index contributed by atoms with van der Waals surface area (Å²) in [5.74, 6) is -0.235. The average Bonchev–Trinajstić information content (AvgIpc) is 3.30. The minimum atomic E-state index is -0.461. The molecule has 0 radical (unpaired) electrons. The number of amides is 1. The van der Waals surface area contributed by atoms with Gasteiger partial charge in [0, 0.05) is 32.7 Å². The summed E-state index contributed by atoms with van der Waals surface area (Å²) in [7, 11) is 0. The minimum absolute atomic E-state index is 0.0158. The van der Waals surface area contributed by atoms with E-state index in [4.69, 9.17) is 20.5 Å². The zero-order valence-corrected chi connectivity index (χ0v) is 16.1. The third kappa shape index (κ3) is 4.31. The van der Waals surface area contributed by atoms with Crippen molar-refractivity contribution in [3.8, 4) is 6.07 Å². The third-order valence-corrected chi connectivity index (χ3v) is 6.13. The van der Waals surface area contributed by atoms with E-state index in [0.717, 1.165) is 26.0 Å². The second-order valence-corrected chi connectivity index (χ2v) is 8.18. The van der Waals surface area contributed by atoms with Crippen LogP contribution in [0, 0.1) is 23.2 Å². The summed E-state index contributed by atoms with van der Waals surface area (Å²) < 4.78 is 11.6.